The minimum Gasteiger partial charge on any atom is -0.324 e. The van der Waals surface area contributed by atoms with Gasteiger partial charge in [-0.05, 0) is 0 Å². The first-order valence-corrected chi connectivity index (χ1v) is 9.90. The van der Waals surface area contributed by atoms with Gasteiger partial charge >= 0.3 is 0 Å². The number of hydrogen-bond acceptors (Lipinski definition) is 8. The third kappa shape index (κ3) is 2.00. The zero-order valence-electron chi connectivity index (χ0n) is 13.3. The Bertz CT molecular complexity index is 647. The number of rotatable bonds is 1. The maximum Gasteiger partial charge on any atom is 0.286 e. The summed E-state index contributed by atoms with van der Waals surface area (Å²) in [4.78, 5) is 0. The van der Waals surface area contributed by atoms with Crippen LogP contribution in [0.2, 0.25) is 0 Å². The molecule has 0 aromatic carbocycles. The fraction of sp³-hybridized carbons (Fsp3) is 1.00. The van der Waals surface area contributed by atoms with Gasteiger partial charge in [0.05, 0.1) is 0 Å². The molecule has 4 fully saturated rings. The van der Waals surface area contributed by atoms with Gasteiger partial charge in [-0.1, -0.05) is 0 Å². The van der Waals surface area contributed by atoms with Gasteiger partial charge in [-0.15, -0.1) is 0 Å². The van der Waals surface area contributed by atoms with E-state index in [9.17, 15) is 16.8 Å². The minimum absolute atomic E-state index is 0.822. The molecule has 0 unspecified atom stereocenters. The number of fused-ring (bicyclic) bond motifs is 2. The molecule has 12 nitrogen and oxygen atoms in total. The monoisotopic (exact) mass is 386 g/mol. The Hall–Kier alpha value is -0.420. The lowest BCUT2D eigenvalue weighted by Gasteiger charge is -2.24. The molecule has 4 rings (SSSR count). The van der Waals surface area contributed by atoms with E-state index in [-0.39, 0.29) is 0 Å². The topological polar surface area (TPSA) is 118 Å². The van der Waals surface area contributed by atoms with E-state index in [2.05, 4.69) is 0 Å². The van der Waals surface area contributed by atoms with Crippen molar-refractivity contribution in [3.05, 3.63) is 0 Å². The molecule has 0 aromatic heterocycles. The highest BCUT2D eigenvalue weighted by Crippen LogP contribution is 2.40. The number of hydrogen-bond donors (Lipinski definition) is 0. The first-order valence-electron chi connectivity index (χ1n) is 7.10. The van der Waals surface area contributed by atoms with Crippen LogP contribution in [-0.4, -0.2) is 99.7 Å². The van der Waals surface area contributed by atoms with Crippen molar-refractivity contribution in [2.75, 3.05) is 28.2 Å². The molecule has 0 spiro atoms. The van der Waals surface area contributed by atoms with Gasteiger partial charge in [-0.3, -0.25) is 0 Å². The molecule has 138 valence electrons. The summed E-state index contributed by atoms with van der Waals surface area (Å²) in [5.41, 5.74) is 0. The third-order valence-corrected chi connectivity index (χ3v) is 8.44. The van der Waals surface area contributed by atoms with Crippen molar-refractivity contribution in [3.8, 4) is 0 Å². The summed E-state index contributed by atoms with van der Waals surface area (Å²) in [5, 5.41) is 0. The Morgan fingerprint density at radius 2 is 0.750 bits per heavy atom. The molecule has 0 bridgehead atoms. The Balaban J connectivity index is 1.50. The summed E-state index contributed by atoms with van der Waals surface area (Å²) in [5.74, 6) is 0. The summed E-state index contributed by atoms with van der Waals surface area (Å²) in [7, 11) is -1.68. The molecular weight excluding hydrogens is 368 g/mol. The minimum atomic E-state index is -3.62. The highest BCUT2D eigenvalue weighted by Gasteiger charge is 2.61. The quantitative estimate of drug-likeness (QED) is 0.477. The fourth-order valence-corrected chi connectivity index (χ4v) is 5.61. The van der Waals surface area contributed by atoms with Crippen LogP contribution in [0.4, 0.5) is 0 Å². The fourth-order valence-electron chi connectivity index (χ4n) is 3.13. The predicted molar refractivity (Wildman–Crippen MR) is 76.0 cm³/mol. The molecule has 0 saturated carbocycles. The third-order valence-electron chi connectivity index (χ3n) is 4.69. The molecule has 0 aliphatic carbocycles. The van der Waals surface area contributed by atoms with Crippen LogP contribution in [0.1, 0.15) is 0 Å². The van der Waals surface area contributed by atoms with E-state index in [0.717, 1.165) is 17.2 Å². The zero-order valence-corrected chi connectivity index (χ0v) is 15.0. The van der Waals surface area contributed by atoms with Crippen LogP contribution in [-0.2, 0) is 39.4 Å². The van der Waals surface area contributed by atoms with E-state index in [0.29, 0.717) is 0 Å². The number of ether oxygens (including phenoxy) is 4. The largest absolute Gasteiger partial charge is 0.324 e. The van der Waals surface area contributed by atoms with Crippen LogP contribution in [0.5, 0.6) is 0 Å². The molecule has 24 heavy (non-hydrogen) atoms. The van der Waals surface area contributed by atoms with E-state index in [1.807, 2.05) is 0 Å². The molecule has 4 atom stereocenters. The lowest BCUT2D eigenvalue weighted by Crippen LogP contribution is -2.40. The standard InChI is InChI=1S/C10H18N4O8S2/c1-11-5-6(12(2)23(11,15)16)20-9(19-5)10-21-7-8(22-10)14(4)24(17,18)13(7)3/h5-10H,1-4H3/t5-,6-,7+,8+. The summed E-state index contributed by atoms with van der Waals surface area (Å²) in [6, 6.07) is 0. The van der Waals surface area contributed by atoms with Crippen molar-refractivity contribution in [3.63, 3.8) is 0 Å². The Morgan fingerprint density at radius 3 is 0.958 bits per heavy atom. The molecule has 4 heterocycles. The van der Waals surface area contributed by atoms with Gasteiger partial charge in [0.2, 0.25) is 12.6 Å². The summed E-state index contributed by atoms with van der Waals surface area (Å²) in [6.45, 7) is 0. The van der Waals surface area contributed by atoms with Gasteiger partial charge in [-0.25, -0.2) is 0 Å². The molecule has 4 aliphatic heterocycles. The second-order valence-electron chi connectivity index (χ2n) is 5.92. The molecule has 0 amide bonds. The lowest BCUT2D eigenvalue weighted by molar-refractivity contribution is -0.236. The maximum absolute atomic E-state index is 12.0. The molecule has 4 saturated heterocycles. The molecule has 4 aliphatic rings. The van der Waals surface area contributed by atoms with Crippen LogP contribution in [0.3, 0.4) is 0 Å². The van der Waals surface area contributed by atoms with E-state index in [1.54, 1.807) is 0 Å². The summed E-state index contributed by atoms with van der Waals surface area (Å²) < 4.78 is 74.8. The van der Waals surface area contributed by atoms with Crippen molar-refractivity contribution in [1.82, 2.24) is 17.2 Å². The van der Waals surface area contributed by atoms with E-state index < -0.39 is 57.9 Å². The van der Waals surface area contributed by atoms with Crippen LogP contribution in [0.15, 0.2) is 0 Å². The predicted octanol–water partition coefficient (Wildman–Crippen LogP) is -2.72. The van der Waals surface area contributed by atoms with Gasteiger partial charge in [0.15, 0.2) is 24.9 Å². The van der Waals surface area contributed by atoms with E-state index in [4.69, 9.17) is 18.9 Å². The molecule has 0 aromatic rings. The number of nitrogens with zero attached hydrogens (tertiary/aromatic N) is 4. The highest BCUT2D eigenvalue weighted by molar-refractivity contribution is 7.87. The average molecular weight is 386 g/mol. The van der Waals surface area contributed by atoms with Crippen LogP contribution in [0, 0.1) is 0 Å². The van der Waals surface area contributed by atoms with Crippen molar-refractivity contribution in [2.45, 2.75) is 37.5 Å². The van der Waals surface area contributed by atoms with Crippen LogP contribution < -0.4 is 0 Å². The SMILES string of the molecule is CN1[C@@H]2OC(C3O[C@H]4[C@H](O3)N(C)S(=O)(=O)N4C)O[C@H]2N(C)S1(=O)=O. The van der Waals surface area contributed by atoms with Crippen molar-refractivity contribution >= 4 is 20.4 Å². The van der Waals surface area contributed by atoms with Crippen molar-refractivity contribution < 1.29 is 35.8 Å². The normalized spacial score (nSPS) is 44.3. The van der Waals surface area contributed by atoms with E-state index >= 15 is 0 Å². The van der Waals surface area contributed by atoms with Gasteiger partial charge in [-0.2, -0.15) is 34.1 Å². The van der Waals surface area contributed by atoms with Gasteiger partial charge in [0.1, 0.15) is 0 Å². The number of likely N-dealkylation sites (N-methyl/N-ethyl adjacent to an activating group) is 4. The Labute approximate surface area is 139 Å². The second-order valence-corrected chi connectivity index (χ2v) is 10.0. The van der Waals surface area contributed by atoms with Gasteiger partial charge in [0.25, 0.3) is 20.4 Å². The smallest absolute Gasteiger partial charge is 0.286 e. The second kappa shape index (κ2) is 5.06. The van der Waals surface area contributed by atoms with E-state index in [1.165, 1.54) is 28.2 Å². The first-order chi connectivity index (χ1) is 11.1. The average Bonchev–Trinajstić information content (AvgIpc) is 3.20. The lowest BCUT2D eigenvalue weighted by atomic mass is 10.5. The maximum atomic E-state index is 12.0. The molecular formula is C10H18N4O8S2. The zero-order chi connectivity index (χ0) is 17.6. The molecule has 0 N–H and O–H groups in total. The van der Waals surface area contributed by atoms with Crippen LogP contribution >= 0.6 is 0 Å². The molecule has 0 radical (unpaired) electrons. The van der Waals surface area contributed by atoms with Crippen LogP contribution in [0.25, 0.3) is 0 Å². The van der Waals surface area contributed by atoms with Crippen molar-refractivity contribution in [2.24, 2.45) is 0 Å². The van der Waals surface area contributed by atoms with Gasteiger partial charge in [0, 0.05) is 28.2 Å². The highest BCUT2D eigenvalue weighted by atomic mass is 32.2. The Kier molecular flexibility index (Phi) is 3.59. The Morgan fingerprint density at radius 1 is 0.542 bits per heavy atom. The van der Waals surface area contributed by atoms with Gasteiger partial charge < -0.3 is 18.9 Å². The summed E-state index contributed by atoms with van der Waals surface area (Å²) in [6.07, 6.45) is -5.24. The molecule has 14 heteroatoms. The summed E-state index contributed by atoms with van der Waals surface area (Å²) >= 11 is 0. The first kappa shape index (κ1) is 17.0. The van der Waals surface area contributed by atoms with Crippen molar-refractivity contribution in [1.29, 1.82) is 0 Å².